The fraction of sp³-hybridized carbons (Fsp3) is 0.538. The molecule has 0 aliphatic carbocycles. The molecule has 0 aromatic heterocycles. The molecule has 1 aromatic rings. The summed E-state index contributed by atoms with van der Waals surface area (Å²) < 4.78 is 0. The maximum atomic E-state index is 5.90. The Balaban J connectivity index is 2.50. The molecule has 0 spiro atoms. The third kappa shape index (κ3) is 4.13. The highest BCUT2D eigenvalue weighted by atomic mass is 35.5. The van der Waals surface area contributed by atoms with Gasteiger partial charge in [0.2, 0.25) is 0 Å². The Labute approximate surface area is 97.8 Å². The fourth-order valence-electron chi connectivity index (χ4n) is 1.70. The van der Waals surface area contributed by atoms with Crippen LogP contribution < -0.4 is 5.32 Å². The summed E-state index contributed by atoms with van der Waals surface area (Å²) in [7, 11) is 0. The van der Waals surface area contributed by atoms with E-state index in [-0.39, 0.29) is 0 Å². The number of aryl methyl sites for hydroxylation is 1. The fourth-order valence-corrected chi connectivity index (χ4v) is 1.93. The molecule has 1 aromatic carbocycles. The van der Waals surface area contributed by atoms with E-state index < -0.39 is 0 Å². The van der Waals surface area contributed by atoms with E-state index in [0.717, 1.165) is 17.5 Å². The van der Waals surface area contributed by atoms with Crippen molar-refractivity contribution in [3.8, 4) is 0 Å². The van der Waals surface area contributed by atoms with E-state index in [9.17, 15) is 0 Å². The third-order valence-corrected chi connectivity index (χ3v) is 2.85. The summed E-state index contributed by atoms with van der Waals surface area (Å²) in [6, 6.07) is 5.98. The van der Waals surface area contributed by atoms with Crippen molar-refractivity contribution in [3.63, 3.8) is 0 Å². The van der Waals surface area contributed by atoms with Gasteiger partial charge in [0.1, 0.15) is 0 Å². The molecule has 1 rings (SSSR count). The van der Waals surface area contributed by atoms with Crippen molar-refractivity contribution >= 4 is 17.3 Å². The average molecular weight is 226 g/mol. The van der Waals surface area contributed by atoms with Crippen LogP contribution in [0.2, 0.25) is 5.02 Å². The van der Waals surface area contributed by atoms with Crippen LogP contribution in [0, 0.1) is 12.8 Å². The lowest BCUT2D eigenvalue weighted by Crippen LogP contribution is -2.11. The van der Waals surface area contributed by atoms with Crippen LogP contribution in [0.3, 0.4) is 0 Å². The van der Waals surface area contributed by atoms with Gasteiger partial charge in [-0.25, -0.2) is 0 Å². The topological polar surface area (TPSA) is 12.0 Å². The largest absolute Gasteiger partial charge is 0.385 e. The van der Waals surface area contributed by atoms with Gasteiger partial charge in [0, 0.05) is 17.3 Å². The van der Waals surface area contributed by atoms with E-state index in [1.54, 1.807) is 0 Å². The molecule has 0 heterocycles. The Hall–Kier alpha value is -0.690. The molecule has 0 aliphatic heterocycles. The standard InChI is InChI=1S/C13H20ClN/c1-4-5-10(2)9-15-13-7-6-12(14)8-11(13)3/h6-8,10,15H,4-5,9H2,1-3H3. The molecule has 0 bridgehead atoms. The second-order valence-electron chi connectivity index (χ2n) is 4.23. The van der Waals surface area contributed by atoms with Crippen molar-refractivity contribution in [3.05, 3.63) is 28.8 Å². The Kier molecular flexibility index (Phi) is 4.97. The first-order valence-corrected chi connectivity index (χ1v) is 6.01. The van der Waals surface area contributed by atoms with Gasteiger partial charge < -0.3 is 5.32 Å². The van der Waals surface area contributed by atoms with Crippen molar-refractivity contribution in [2.24, 2.45) is 5.92 Å². The molecule has 15 heavy (non-hydrogen) atoms. The molecule has 0 saturated carbocycles. The Morgan fingerprint density at radius 3 is 2.73 bits per heavy atom. The molecule has 0 fully saturated rings. The molecular formula is C13H20ClN. The number of benzene rings is 1. The molecule has 0 amide bonds. The van der Waals surface area contributed by atoms with Gasteiger partial charge in [-0.2, -0.15) is 0 Å². The quantitative estimate of drug-likeness (QED) is 0.778. The molecule has 0 saturated heterocycles. The molecule has 1 N–H and O–H groups in total. The molecule has 0 aliphatic rings. The van der Waals surface area contributed by atoms with Crippen LogP contribution in [-0.2, 0) is 0 Å². The first-order chi connectivity index (χ1) is 7.13. The van der Waals surface area contributed by atoms with E-state index in [1.165, 1.54) is 24.1 Å². The molecule has 1 atom stereocenters. The summed E-state index contributed by atoms with van der Waals surface area (Å²) >= 11 is 5.90. The molecule has 1 nitrogen and oxygen atoms in total. The molecular weight excluding hydrogens is 206 g/mol. The van der Waals surface area contributed by atoms with E-state index >= 15 is 0 Å². The lowest BCUT2D eigenvalue weighted by atomic mass is 10.1. The van der Waals surface area contributed by atoms with Gasteiger partial charge in [-0.1, -0.05) is 31.9 Å². The van der Waals surface area contributed by atoms with Crippen molar-refractivity contribution < 1.29 is 0 Å². The van der Waals surface area contributed by atoms with Gasteiger partial charge in [0.05, 0.1) is 0 Å². The third-order valence-electron chi connectivity index (χ3n) is 2.61. The van der Waals surface area contributed by atoms with E-state index in [0.29, 0.717) is 0 Å². The minimum Gasteiger partial charge on any atom is -0.385 e. The van der Waals surface area contributed by atoms with E-state index in [2.05, 4.69) is 32.2 Å². The van der Waals surface area contributed by atoms with Gasteiger partial charge in [-0.3, -0.25) is 0 Å². The molecule has 0 radical (unpaired) electrons. The predicted octanol–water partition coefficient (Wildman–Crippen LogP) is 4.50. The van der Waals surface area contributed by atoms with E-state index in [1.807, 2.05) is 12.1 Å². The molecule has 1 unspecified atom stereocenters. The Bertz CT molecular complexity index is 309. The smallest absolute Gasteiger partial charge is 0.0410 e. The van der Waals surface area contributed by atoms with Crippen LogP contribution in [0.4, 0.5) is 5.69 Å². The van der Waals surface area contributed by atoms with Crippen molar-refractivity contribution in [2.75, 3.05) is 11.9 Å². The minimum absolute atomic E-state index is 0.727. The summed E-state index contributed by atoms with van der Waals surface area (Å²) in [6.45, 7) is 7.63. The maximum absolute atomic E-state index is 5.90. The van der Waals surface area contributed by atoms with Crippen LogP contribution in [0.25, 0.3) is 0 Å². The molecule has 84 valence electrons. The van der Waals surface area contributed by atoms with Gasteiger partial charge >= 0.3 is 0 Å². The highest BCUT2D eigenvalue weighted by molar-refractivity contribution is 6.30. The zero-order valence-electron chi connectivity index (χ0n) is 9.81. The highest BCUT2D eigenvalue weighted by Crippen LogP contribution is 2.20. The number of hydrogen-bond acceptors (Lipinski definition) is 1. The molecule has 2 heteroatoms. The Morgan fingerprint density at radius 1 is 1.40 bits per heavy atom. The highest BCUT2D eigenvalue weighted by Gasteiger charge is 2.02. The normalized spacial score (nSPS) is 12.5. The number of halogens is 1. The van der Waals surface area contributed by atoms with E-state index in [4.69, 9.17) is 11.6 Å². The first kappa shape index (κ1) is 12.4. The number of hydrogen-bond donors (Lipinski definition) is 1. The number of nitrogens with one attached hydrogen (secondary N) is 1. The Morgan fingerprint density at radius 2 is 2.13 bits per heavy atom. The van der Waals surface area contributed by atoms with Gasteiger partial charge in [-0.05, 0) is 43.0 Å². The summed E-state index contributed by atoms with van der Waals surface area (Å²) in [5.74, 6) is 0.727. The number of anilines is 1. The lowest BCUT2D eigenvalue weighted by molar-refractivity contribution is 0.550. The summed E-state index contributed by atoms with van der Waals surface area (Å²) in [5, 5.41) is 4.27. The van der Waals surface area contributed by atoms with Gasteiger partial charge in [-0.15, -0.1) is 0 Å². The second-order valence-corrected chi connectivity index (χ2v) is 4.67. The zero-order chi connectivity index (χ0) is 11.3. The van der Waals surface area contributed by atoms with Crippen molar-refractivity contribution in [2.45, 2.75) is 33.6 Å². The SMILES string of the molecule is CCCC(C)CNc1ccc(Cl)cc1C. The second kappa shape index (κ2) is 6.02. The first-order valence-electron chi connectivity index (χ1n) is 5.63. The van der Waals surface area contributed by atoms with Crippen LogP contribution >= 0.6 is 11.6 Å². The van der Waals surface area contributed by atoms with Crippen LogP contribution in [0.15, 0.2) is 18.2 Å². The van der Waals surface area contributed by atoms with Gasteiger partial charge in [0.25, 0.3) is 0 Å². The van der Waals surface area contributed by atoms with Crippen LogP contribution in [-0.4, -0.2) is 6.54 Å². The number of rotatable bonds is 5. The summed E-state index contributed by atoms with van der Waals surface area (Å²) in [6.07, 6.45) is 2.53. The average Bonchev–Trinajstić information content (AvgIpc) is 2.17. The maximum Gasteiger partial charge on any atom is 0.0410 e. The minimum atomic E-state index is 0.727. The van der Waals surface area contributed by atoms with Crippen LogP contribution in [0.1, 0.15) is 32.3 Å². The lowest BCUT2D eigenvalue weighted by Gasteiger charge is -2.14. The predicted molar refractivity (Wildman–Crippen MR) is 68.8 cm³/mol. The monoisotopic (exact) mass is 225 g/mol. The summed E-state index contributed by atoms with van der Waals surface area (Å²) in [4.78, 5) is 0. The van der Waals surface area contributed by atoms with Gasteiger partial charge in [0.15, 0.2) is 0 Å². The van der Waals surface area contributed by atoms with Crippen LogP contribution in [0.5, 0.6) is 0 Å². The van der Waals surface area contributed by atoms with Crippen molar-refractivity contribution in [1.29, 1.82) is 0 Å². The van der Waals surface area contributed by atoms with Crippen molar-refractivity contribution in [1.82, 2.24) is 0 Å². The zero-order valence-corrected chi connectivity index (χ0v) is 10.6. The summed E-state index contributed by atoms with van der Waals surface area (Å²) in [5.41, 5.74) is 2.41.